The van der Waals surface area contributed by atoms with Crippen molar-refractivity contribution >= 4 is 23.4 Å². The van der Waals surface area contributed by atoms with Crippen LogP contribution in [-0.4, -0.2) is 20.6 Å². The number of carbonyl (C=O) groups excluding carboxylic acids is 1. The number of nitro groups is 1. The molecule has 0 fully saturated rings. The standard InChI is InChI=1S/C14H9ClN4O4/c15-8-1-3-9(4-2-8)18-7-10(14(16)20)13(17-18)11-5-6-12(23-11)19(21)22/h1-7H,(H2,16,20). The number of halogens is 1. The molecule has 23 heavy (non-hydrogen) atoms. The average Bonchev–Trinajstić information content (AvgIpc) is 3.14. The van der Waals surface area contributed by atoms with Crippen LogP contribution in [-0.2, 0) is 0 Å². The van der Waals surface area contributed by atoms with Crippen molar-refractivity contribution < 1.29 is 14.1 Å². The minimum absolute atomic E-state index is 0.0817. The molecule has 3 rings (SSSR count). The first-order valence-corrected chi connectivity index (χ1v) is 6.73. The lowest BCUT2D eigenvalue weighted by Crippen LogP contribution is -2.11. The highest BCUT2D eigenvalue weighted by atomic mass is 35.5. The number of hydrogen-bond donors (Lipinski definition) is 1. The van der Waals surface area contributed by atoms with Gasteiger partial charge in [-0.25, -0.2) is 4.68 Å². The molecule has 0 aliphatic heterocycles. The summed E-state index contributed by atoms with van der Waals surface area (Å²) in [4.78, 5) is 21.6. The zero-order chi connectivity index (χ0) is 16.6. The quantitative estimate of drug-likeness (QED) is 0.582. The maximum absolute atomic E-state index is 11.6. The van der Waals surface area contributed by atoms with Crippen LogP contribution < -0.4 is 5.73 Å². The third-order valence-electron chi connectivity index (χ3n) is 3.08. The fourth-order valence-electron chi connectivity index (χ4n) is 2.02. The van der Waals surface area contributed by atoms with Gasteiger partial charge in [-0.3, -0.25) is 14.9 Å². The SMILES string of the molecule is NC(=O)c1cn(-c2ccc(Cl)cc2)nc1-c1ccc([N+](=O)[O-])o1. The minimum atomic E-state index is -0.723. The van der Waals surface area contributed by atoms with E-state index >= 15 is 0 Å². The van der Waals surface area contributed by atoms with Crippen molar-refractivity contribution in [1.29, 1.82) is 0 Å². The van der Waals surface area contributed by atoms with Gasteiger partial charge in [0.1, 0.15) is 10.6 Å². The predicted molar refractivity (Wildman–Crippen MR) is 81.4 cm³/mol. The van der Waals surface area contributed by atoms with Crippen LogP contribution in [0.5, 0.6) is 0 Å². The Balaban J connectivity index is 2.10. The van der Waals surface area contributed by atoms with Crippen LogP contribution in [0.4, 0.5) is 5.88 Å². The van der Waals surface area contributed by atoms with Gasteiger partial charge in [0.2, 0.25) is 0 Å². The summed E-state index contributed by atoms with van der Waals surface area (Å²) >= 11 is 5.83. The summed E-state index contributed by atoms with van der Waals surface area (Å²) in [6.45, 7) is 0. The molecule has 0 atom stereocenters. The van der Waals surface area contributed by atoms with Crippen molar-refractivity contribution in [3.63, 3.8) is 0 Å². The first-order valence-electron chi connectivity index (χ1n) is 6.35. The maximum atomic E-state index is 11.6. The topological polar surface area (TPSA) is 117 Å². The fraction of sp³-hybridized carbons (Fsp3) is 0. The van der Waals surface area contributed by atoms with Crippen molar-refractivity contribution in [3.05, 3.63) is 63.3 Å². The summed E-state index contributed by atoms with van der Waals surface area (Å²) < 4.78 is 6.50. The van der Waals surface area contributed by atoms with Crippen LogP contribution in [0.2, 0.25) is 5.02 Å². The maximum Gasteiger partial charge on any atom is 0.433 e. The van der Waals surface area contributed by atoms with Crippen LogP contribution in [0.3, 0.4) is 0 Å². The Morgan fingerprint density at radius 3 is 2.52 bits per heavy atom. The summed E-state index contributed by atoms with van der Waals surface area (Å²) in [5.41, 5.74) is 6.20. The van der Waals surface area contributed by atoms with Crippen molar-refractivity contribution in [2.45, 2.75) is 0 Å². The number of benzene rings is 1. The Morgan fingerprint density at radius 2 is 1.96 bits per heavy atom. The molecule has 0 bridgehead atoms. The van der Waals surface area contributed by atoms with E-state index in [1.165, 1.54) is 23.0 Å². The highest BCUT2D eigenvalue weighted by Gasteiger charge is 2.21. The van der Waals surface area contributed by atoms with E-state index in [9.17, 15) is 14.9 Å². The number of carbonyl (C=O) groups is 1. The molecule has 116 valence electrons. The molecule has 0 radical (unpaired) electrons. The summed E-state index contributed by atoms with van der Waals surface area (Å²) in [7, 11) is 0. The van der Waals surface area contributed by atoms with Gasteiger partial charge in [0.15, 0.2) is 5.76 Å². The molecule has 2 heterocycles. The minimum Gasteiger partial charge on any atom is -0.399 e. The number of rotatable bonds is 4. The van der Waals surface area contributed by atoms with Gasteiger partial charge in [0.25, 0.3) is 5.91 Å². The fourth-order valence-corrected chi connectivity index (χ4v) is 2.14. The smallest absolute Gasteiger partial charge is 0.399 e. The number of amides is 1. The van der Waals surface area contributed by atoms with Gasteiger partial charge in [-0.1, -0.05) is 11.6 Å². The predicted octanol–water partition coefficient (Wildman–Crippen LogP) is 2.79. The van der Waals surface area contributed by atoms with E-state index in [1.807, 2.05) is 0 Å². The molecule has 8 nitrogen and oxygen atoms in total. The monoisotopic (exact) mass is 332 g/mol. The molecular weight excluding hydrogens is 324 g/mol. The van der Waals surface area contributed by atoms with Gasteiger partial charge in [-0.2, -0.15) is 5.10 Å². The van der Waals surface area contributed by atoms with Gasteiger partial charge in [-0.15, -0.1) is 0 Å². The number of nitrogens with two attached hydrogens (primary N) is 1. The average molecular weight is 333 g/mol. The molecule has 0 aliphatic carbocycles. The molecule has 3 aromatic rings. The van der Waals surface area contributed by atoms with E-state index in [4.69, 9.17) is 21.8 Å². The van der Waals surface area contributed by atoms with E-state index in [2.05, 4.69) is 5.10 Å². The molecule has 0 unspecified atom stereocenters. The second kappa shape index (κ2) is 5.58. The zero-order valence-corrected chi connectivity index (χ0v) is 12.2. The van der Waals surface area contributed by atoms with Gasteiger partial charge in [0, 0.05) is 11.2 Å². The zero-order valence-electron chi connectivity index (χ0n) is 11.5. The van der Waals surface area contributed by atoms with Crippen molar-refractivity contribution in [2.24, 2.45) is 5.73 Å². The van der Waals surface area contributed by atoms with Crippen LogP contribution in [0.15, 0.2) is 47.0 Å². The van der Waals surface area contributed by atoms with Crippen LogP contribution in [0.1, 0.15) is 10.4 Å². The molecule has 0 spiro atoms. The second-order valence-corrected chi connectivity index (χ2v) is 5.01. The summed E-state index contributed by atoms with van der Waals surface area (Å²) in [6.07, 6.45) is 1.43. The van der Waals surface area contributed by atoms with Gasteiger partial charge >= 0.3 is 5.88 Å². The highest BCUT2D eigenvalue weighted by Crippen LogP contribution is 2.28. The number of furan rings is 1. The highest BCUT2D eigenvalue weighted by molar-refractivity contribution is 6.30. The lowest BCUT2D eigenvalue weighted by atomic mass is 10.2. The Labute approximate surface area is 134 Å². The van der Waals surface area contributed by atoms with E-state index in [-0.39, 0.29) is 17.0 Å². The Morgan fingerprint density at radius 1 is 1.26 bits per heavy atom. The molecule has 1 amide bonds. The molecule has 9 heteroatoms. The molecule has 2 aromatic heterocycles. The van der Waals surface area contributed by atoms with E-state index in [0.717, 1.165) is 0 Å². The summed E-state index contributed by atoms with van der Waals surface area (Å²) in [5.74, 6) is -1.09. The second-order valence-electron chi connectivity index (χ2n) is 4.57. The molecule has 0 saturated heterocycles. The van der Waals surface area contributed by atoms with Crippen molar-refractivity contribution in [1.82, 2.24) is 9.78 Å². The third kappa shape index (κ3) is 2.79. The first kappa shape index (κ1) is 14.8. The van der Waals surface area contributed by atoms with Gasteiger partial charge in [-0.05, 0) is 30.3 Å². The normalized spacial score (nSPS) is 10.7. The van der Waals surface area contributed by atoms with Crippen LogP contribution in [0.25, 0.3) is 17.1 Å². The number of primary amides is 1. The van der Waals surface area contributed by atoms with E-state index in [0.29, 0.717) is 10.7 Å². The number of hydrogen-bond acceptors (Lipinski definition) is 5. The summed E-state index contributed by atoms with van der Waals surface area (Å²) in [6, 6.07) is 9.28. The molecule has 0 saturated carbocycles. The Hall–Kier alpha value is -3.13. The van der Waals surface area contributed by atoms with E-state index < -0.39 is 16.7 Å². The first-order chi connectivity index (χ1) is 11.0. The van der Waals surface area contributed by atoms with E-state index in [1.54, 1.807) is 24.3 Å². The molecular formula is C14H9ClN4O4. The lowest BCUT2D eigenvalue weighted by Gasteiger charge is -2.00. The number of nitrogens with zero attached hydrogens (tertiary/aromatic N) is 3. The van der Waals surface area contributed by atoms with Crippen molar-refractivity contribution in [3.8, 4) is 17.1 Å². The van der Waals surface area contributed by atoms with Crippen LogP contribution in [0, 0.1) is 10.1 Å². The molecule has 2 N–H and O–H groups in total. The summed E-state index contributed by atoms with van der Waals surface area (Å²) in [5, 5.41) is 15.5. The lowest BCUT2D eigenvalue weighted by molar-refractivity contribution is -0.401. The Bertz CT molecular complexity index is 898. The number of aromatic nitrogens is 2. The Kier molecular flexibility index (Phi) is 3.59. The van der Waals surface area contributed by atoms with Crippen molar-refractivity contribution in [2.75, 3.05) is 0 Å². The third-order valence-corrected chi connectivity index (χ3v) is 3.33. The molecule has 0 aliphatic rings. The largest absolute Gasteiger partial charge is 0.433 e. The van der Waals surface area contributed by atoms with Gasteiger partial charge < -0.3 is 10.2 Å². The van der Waals surface area contributed by atoms with Crippen LogP contribution >= 0.6 is 11.6 Å². The molecule has 1 aromatic carbocycles. The van der Waals surface area contributed by atoms with Gasteiger partial charge in [0.05, 0.1) is 17.3 Å².